The number of hydrogen-bond donors (Lipinski definition) is 1. The molecule has 0 aromatic carbocycles. The highest BCUT2D eigenvalue weighted by atomic mass is 79.9. The van der Waals surface area contributed by atoms with Gasteiger partial charge in [0.05, 0.1) is 16.4 Å². The highest BCUT2D eigenvalue weighted by molar-refractivity contribution is 9.10. The molecule has 1 rings (SSSR count). The number of hydrogen-bond acceptors (Lipinski definition) is 2. The fourth-order valence-corrected chi connectivity index (χ4v) is 2.28. The Bertz CT molecular complexity index is 344. The van der Waals surface area contributed by atoms with E-state index in [2.05, 4.69) is 65.6 Å². The van der Waals surface area contributed by atoms with E-state index in [4.69, 9.17) is 0 Å². The molecule has 0 spiro atoms. The second-order valence-electron chi connectivity index (χ2n) is 5.35. The van der Waals surface area contributed by atoms with E-state index >= 15 is 0 Å². The van der Waals surface area contributed by atoms with Crippen molar-refractivity contribution >= 4 is 15.9 Å². The van der Waals surface area contributed by atoms with Crippen LogP contribution < -0.4 is 5.32 Å². The molecule has 17 heavy (non-hydrogen) atoms. The molecule has 98 valence electrons. The highest BCUT2D eigenvalue weighted by Gasteiger charge is 2.14. The van der Waals surface area contributed by atoms with Crippen molar-refractivity contribution < 1.29 is 0 Å². The molecule has 1 unspecified atom stereocenters. The van der Waals surface area contributed by atoms with Gasteiger partial charge in [-0.2, -0.15) is 5.10 Å². The summed E-state index contributed by atoms with van der Waals surface area (Å²) < 4.78 is 3.23. The quantitative estimate of drug-likeness (QED) is 0.873. The maximum atomic E-state index is 4.41. The molecule has 0 fully saturated rings. The van der Waals surface area contributed by atoms with Gasteiger partial charge in [0, 0.05) is 12.1 Å². The first kappa shape index (κ1) is 14.7. The van der Waals surface area contributed by atoms with Crippen molar-refractivity contribution in [2.75, 3.05) is 6.54 Å². The van der Waals surface area contributed by atoms with E-state index in [1.54, 1.807) is 0 Å². The predicted octanol–water partition coefficient (Wildman–Crippen LogP) is 3.40. The summed E-state index contributed by atoms with van der Waals surface area (Å²) in [4.78, 5) is 0. The number of halogens is 1. The summed E-state index contributed by atoms with van der Waals surface area (Å²) in [6.45, 7) is 12.0. The number of rotatable bonds is 6. The van der Waals surface area contributed by atoms with Gasteiger partial charge in [-0.15, -0.1) is 0 Å². The first-order chi connectivity index (χ1) is 7.91. The lowest BCUT2D eigenvalue weighted by Gasteiger charge is -2.17. The largest absolute Gasteiger partial charge is 0.314 e. The minimum atomic E-state index is 0.418. The van der Waals surface area contributed by atoms with Gasteiger partial charge in [-0.1, -0.05) is 20.8 Å². The Balaban J connectivity index is 2.64. The van der Waals surface area contributed by atoms with Gasteiger partial charge >= 0.3 is 0 Å². The van der Waals surface area contributed by atoms with Crippen molar-refractivity contribution in [2.45, 2.75) is 53.1 Å². The molecule has 0 saturated heterocycles. The molecule has 1 atom stereocenters. The summed E-state index contributed by atoms with van der Waals surface area (Å²) in [6.07, 6.45) is 2.95. The van der Waals surface area contributed by atoms with Gasteiger partial charge in [0.2, 0.25) is 0 Å². The zero-order valence-corrected chi connectivity index (χ0v) is 13.1. The Labute approximate surface area is 113 Å². The van der Waals surface area contributed by atoms with Gasteiger partial charge in [-0.25, -0.2) is 0 Å². The third kappa shape index (κ3) is 4.43. The molecule has 1 N–H and O–H groups in total. The summed E-state index contributed by atoms with van der Waals surface area (Å²) in [5.74, 6) is 0.614. The van der Waals surface area contributed by atoms with Gasteiger partial charge in [0.15, 0.2) is 0 Å². The summed E-state index contributed by atoms with van der Waals surface area (Å²) >= 11 is 3.59. The fourth-order valence-electron chi connectivity index (χ4n) is 1.84. The minimum absolute atomic E-state index is 0.418. The van der Waals surface area contributed by atoms with Crippen molar-refractivity contribution in [3.8, 4) is 0 Å². The van der Waals surface area contributed by atoms with Gasteiger partial charge in [-0.05, 0) is 48.7 Å². The predicted molar refractivity (Wildman–Crippen MR) is 76.3 cm³/mol. The maximum Gasteiger partial charge on any atom is 0.0635 e. The van der Waals surface area contributed by atoms with Gasteiger partial charge < -0.3 is 5.32 Å². The third-order valence-corrected chi connectivity index (χ3v) is 3.42. The lowest BCUT2D eigenvalue weighted by molar-refractivity contribution is 0.443. The average molecular weight is 302 g/mol. The zero-order chi connectivity index (χ0) is 13.0. The maximum absolute atomic E-state index is 4.41. The number of nitrogens with zero attached hydrogens (tertiary/aromatic N) is 2. The topological polar surface area (TPSA) is 29.9 Å². The molecule has 0 bridgehead atoms. The fraction of sp³-hybridized carbons (Fsp3) is 0.769. The molecule has 4 heteroatoms. The van der Waals surface area contributed by atoms with Crippen molar-refractivity contribution in [3.63, 3.8) is 0 Å². The molecule has 0 radical (unpaired) electrons. The second kappa shape index (κ2) is 6.55. The van der Waals surface area contributed by atoms with Crippen molar-refractivity contribution in [3.05, 3.63) is 16.4 Å². The van der Waals surface area contributed by atoms with E-state index in [-0.39, 0.29) is 0 Å². The van der Waals surface area contributed by atoms with Crippen molar-refractivity contribution in [2.24, 2.45) is 5.92 Å². The standard InChI is InChI=1S/C13H24BrN3/c1-9(2)15-7-11(5)6-13-12(14)8-16-17(13)10(3)4/h8-11,15H,6-7H2,1-5H3. The van der Waals surface area contributed by atoms with Crippen molar-refractivity contribution in [1.82, 2.24) is 15.1 Å². The van der Waals surface area contributed by atoms with Crippen LogP contribution in [0.1, 0.15) is 46.4 Å². The van der Waals surface area contributed by atoms with Crippen LogP contribution in [0.3, 0.4) is 0 Å². The molecule has 3 nitrogen and oxygen atoms in total. The third-order valence-electron chi connectivity index (χ3n) is 2.75. The van der Waals surface area contributed by atoms with E-state index < -0.39 is 0 Å². The van der Waals surface area contributed by atoms with Crippen molar-refractivity contribution in [1.29, 1.82) is 0 Å². The first-order valence-electron chi connectivity index (χ1n) is 6.37. The normalized spacial score (nSPS) is 13.6. The summed E-state index contributed by atoms with van der Waals surface area (Å²) in [7, 11) is 0. The molecule has 0 aliphatic heterocycles. The van der Waals surface area contributed by atoms with Gasteiger partial charge in [0.25, 0.3) is 0 Å². The summed E-state index contributed by atoms with van der Waals surface area (Å²) in [5, 5.41) is 7.89. The van der Waals surface area contributed by atoms with E-state index in [1.807, 2.05) is 6.20 Å². The zero-order valence-electron chi connectivity index (χ0n) is 11.5. The number of nitrogens with one attached hydrogen (secondary N) is 1. The van der Waals surface area contributed by atoms with Crippen LogP contribution in [-0.4, -0.2) is 22.4 Å². The van der Waals surface area contributed by atoms with E-state index in [0.717, 1.165) is 17.4 Å². The average Bonchev–Trinajstić information content (AvgIpc) is 2.58. The molecule has 1 aromatic rings. The van der Waals surface area contributed by atoms with Crippen LogP contribution in [-0.2, 0) is 6.42 Å². The lowest BCUT2D eigenvalue weighted by Crippen LogP contribution is -2.29. The minimum Gasteiger partial charge on any atom is -0.314 e. The van der Waals surface area contributed by atoms with Crippen LogP contribution in [0.5, 0.6) is 0 Å². The van der Waals surface area contributed by atoms with Crippen LogP contribution in [0.4, 0.5) is 0 Å². The first-order valence-corrected chi connectivity index (χ1v) is 7.16. The molecule has 0 aliphatic carbocycles. The Morgan fingerprint density at radius 3 is 2.47 bits per heavy atom. The Hall–Kier alpha value is -0.350. The Morgan fingerprint density at radius 2 is 1.94 bits per heavy atom. The van der Waals surface area contributed by atoms with Crippen LogP contribution in [0, 0.1) is 5.92 Å². The van der Waals surface area contributed by atoms with E-state index in [1.165, 1.54) is 5.69 Å². The van der Waals surface area contributed by atoms with Crippen LogP contribution in [0.15, 0.2) is 10.7 Å². The Morgan fingerprint density at radius 1 is 1.29 bits per heavy atom. The molecular formula is C13H24BrN3. The monoisotopic (exact) mass is 301 g/mol. The Kier molecular flexibility index (Phi) is 5.67. The van der Waals surface area contributed by atoms with E-state index in [0.29, 0.717) is 18.0 Å². The van der Waals surface area contributed by atoms with E-state index in [9.17, 15) is 0 Å². The van der Waals surface area contributed by atoms with Gasteiger partial charge in [-0.3, -0.25) is 4.68 Å². The number of aromatic nitrogens is 2. The smallest absolute Gasteiger partial charge is 0.0635 e. The molecule has 0 aliphatic rings. The SMILES string of the molecule is CC(CNC(C)C)Cc1c(Br)cnn1C(C)C. The van der Waals surface area contributed by atoms with Gasteiger partial charge in [0.1, 0.15) is 0 Å². The summed E-state index contributed by atoms with van der Waals surface area (Å²) in [5.41, 5.74) is 1.30. The molecule has 1 heterocycles. The van der Waals surface area contributed by atoms with Crippen LogP contribution in [0.25, 0.3) is 0 Å². The molecule has 0 amide bonds. The lowest BCUT2D eigenvalue weighted by atomic mass is 10.1. The second-order valence-corrected chi connectivity index (χ2v) is 6.20. The van der Waals surface area contributed by atoms with Crippen LogP contribution >= 0.6 is 15.9 Å². The highest BCUT2D eigenvalue weighted by Crippen LogP contribution is 2.22. The summed E-state index contributed by atoms with van der Waals surface area (Å²) in [6, 6.07) is 0.970. The molecule has 1 aromatic heterocycles. The molecular weight excluding hydrogens is 278 g/mol. The van der Waals surface area contributed by atoms with Crippen LogP contribution in [0.2, 0.25) is 0 Å². The molecule has 0 saturated carbocycles.